The zero-order valence-corrected chi connectivity index (χ0v) is 7.23. The van der Waals surface area contributed by atoms with Crippen molar-refractivity contribution < 1.29 is 15.3 Å². The van der Waals surface area contributed by atoms with Crippen LogP contribution >= 0.6 is 24.0 Å². The lowest BCUT2D eigenvalue weighted by molar-refractivity contribution is -0.00894. The van der Waals surface area contributed by atoms with Crippen LogP contribution in [0, 0.1) is 0 Å². The summed E-state index contributed by atoms with van der Waals surface area (Å²) >= 11 is 0. The lowest BCUT2D eigenvalue weighted by Crippen LogP contribution is -2.35. The molecule has 2 atom stereocenters. The molecule has 9 heavy (non-hydrogen) atoms. The fraction of sp³-hybridized carbons (Fsp3) is 1.00. The molecule has 5 N–H and O–H groups in total. The molecule has 0 bridgehead atoms. The summed E-state index contributed by atoms with van der Waals surface area (Å²) in [6.45, 7) is -0.472. The van der Waals surface area contributed by atoms with Gasteiger partial charge in [0.15, 0.2) is 0 Å². The van der Waals surface area contributed by atoms with E-state index in [1.54, 1.807) is 0 Å². The Bertz CT molecular complexity index is 55.8. The third-order valence-electron chi connectivity index (χ3n) is 0.873. The first kappa shape index (κ1) is 12.3. The second kappa shape index (κ2) is 6.69. The molecule has 0 fully saturated rings. The van der Waals surface area contributed by atoms with Gasteiger partial charge in [-0.2, -0.15) is 0 Å². The van der Waals surface area contributed by atoms with E-state index < -0.39 is 18.8 Å². The Kier molecular flexibility index (Phi) is 9.11. The van der Waals surface area contributed by atoms with Gasteiger partial charge in [0.2, 0.25) is 0 Å². The van der Waals surface area contributed by atoms with E-state index >= 15 is 0 Å². The Morgan fingerprint density at radius 3 is 1.78 bits per heavy atom. The summed E-state index contributed by atoms with van der Waals surface area (Å²) in [6.07, 6.45) is -2.10. The van der Waals surface area contributed by atoms with Crippen LogP contribution < -0.4 is 5.73 Å². The molecule has 0 aliphatic rings. The van der Waals surface area contributed by atoms with Gasteiger partial charge >= 0.3 is 0 Å². The van der Waals surface area contributed by atoms with Gasteiger partial charge in [0.05, 0.1) is 12.7 Å². The van der Waals surface area contributed by atoms with Crippen molar-refractivity contribution in [3.05, 3.63) is 0 Å². The van der Waals surface area contributed by atoms with E-state index in [9.17, 15) is 0 Å². The Labute approximate surface area is 70.7 Å². The van der Waals surface area contributed by atoms with Gasteiger partial charge in [-0.25, -0.2) is 0 Å². The van der Waals surface area contributed by atoms with Gasteiger partial charge in [0.1, 0.15) is 6.10 Å². The van der Waals surface area contributed by atoms with Crippen LogP contribution in [-0.2, 0) is 0 Å². The summed E-state index contributed by atoms with van der Waals surface area (Å²) in [6, 6.07) is 0. The monoisotopic (exact) mass is 249 g/mol. The van der Waals surface area contributed by atoms with Crippen molar-refractivity contribution in [1.82, 2.24) is 0 Å². The second-order valence-electron chi connectivity index (χ2n) is 1.55. The molecule has 0 saturated carbocycles. The number of nitrogens with two attached hydrogens (primary N) is 1. The van der Waals surface area contributed by atoms with Crippen molar-refractivity contribution in [3.63, 3.8) is 0 Å². The predicted molar refractivity (Wildman–Crippen MR) is 43.6 cm³/mol. The van der Waals surface area contributed by atoms with Crippen LogP contribution in [0.4, 0.5) is 0 Å². The molecule has 0 heterocycles. The molecule has 5 heteroatoms. The maximum Gasteiger partial charge on any atom is 0.104 e. The lowest BCUT2D eigenvalue weighted by Gasteiger charge is -2.11. The number of hydrogen-bond donors (Lipinski definition) is 4. The van der Waals surface area contributed by atoms with Gasteiger partial charge in [0, 0.05) is 6.54 Å². The van der Waals surface area contributed by atoms with Gasteiger partial charge in [-0.3, -0.25) is 0 Å². The van der Waals surface area contributed by atoms with Crippen LogP contribution in [0.1, 0.15) is 0 Å². The Hall–Kier alpha value is 0.570. The Morgan fingerprint density at radius 1 is 1.22 bits per heavy atom. The quantitative estimate of drug-likeness (QED) is 0.448. The molecule has 0 amide bonds. The topological polar surface area (TPSA) is 86.7 Å². The van der Waals surface area contributed by atoms with Crippen LogP contribution in [0.25, 0.3) is 0 Å². The first-order valence-corrected chi connectivity index (χ1v) is 2.39. The van der Waals surface area contributed by atoms with Crippen LogP contribution in [0.15, 0.2) is 0 Å². The molecular weight excluding hydrogens is 237 g/mol. The summed E-state index contributed by atoms with van der Waals surface area (Å²) in [4.78, 5) is 0. The van der Waals surface area contributed by atoms with Crippen LogP contribution in [-0.4, -0.2) is 40.7 Å². The van der Waals surface area contributed by atoms with Crippen molar-refractivity contribution in [2.24, 2.45) is 5.73 Å². The normalized spacial score (nSPS) is 16.0. The number of rotatable bonds is 3. The summed E-state index contributed by atoms with van der Waals surface area (Å²) in [5.41, 5.74) is 4.93. The van der Waals surface area contributed by atoms with E-state index in [1.807, 2.05) is 0 Å². The summed E-state index contributed by atoms with van der Waals surface area (Å²) in [5, 5.41) is 25.3. The molecule has 0 unspecified atom stereocenters. The predicted octanol–water partition coefficient (Wildman–Crippen LogP) is -1.72. The average molecular weight is 249 g/mol. The zero-order valence-electron chi connectivity index (χ0n) is 4.90. The van der Waals surface area contributed by atoms with Crippen LogP contribution in [0.5, 0.6) is 0 Å². The summed E-state index contributed by atoms with van der Waals surface area (Å²) < 4.78 is 0. The maximum atomic E-state index is 8.59. The number of hydrogen-bond acceptors (Lipinski definition) is 4. The first-order chi connectivity index (χ1) is 3.72. The largest absolute Gasteiger partial charge is 0.394 e. The van der Waals surface area contributed by atoms with Gasteiger partial charge < -0.3 is 21.1 Å². The summed E-state index contributed by atoms with van der Waals surface area (Å²) in [7, 11) is 0. The molecule has 0 rings (SSSR count). The molecule has 4 nitrogen and oxygen atoms in total. The molecule has 0 aliphatic heterocycles. The van der Waals surface area contributed by atoms with E-state index in [0.29, 0.717) is 0 Å². The van der Waals surface area contributed by atoms with E-state index in [0.717, 1.165) is 0 Å². The Morgan fingerprint density at radius 2 is 1.67 bits per heavy atom. The molecule has 0 aromatic rings. The lowest BCUT2D eigenvalue weighted by atomic mass is 10.2. The maximum absolute atomic E-state index is 8.59. The highest BCUT2D eigenvalue weighted by molar-refractivity contribution is 14.0. The molecule has 0 radical (unpaired) electrons. The zero-order chi connectivity index (χ0) is 6.57. The van der Waals surface area contributed by atoms with Crippen LogP contribution in [0.3, 0.4) is 0 Å². The highest BCUT2D eigenvalue weighted by Gasteiger charge is 2.11. The standard InChI is InChI=1S/C4H11NO3.HI/c5-1-3(7)4(8)2-6;/h3-4,6-8H,1-2,5H2;1H/t3-,4+;/m0./s1. The van der Waals surface area contributed by atoms with Gasteiger partial charge in [-0.05, 0) is 0 Å². The van der Waals surface area contributed by atoms with E-state index in [2.05, 4.69) is 0 Å². The number of aliphatic hydroxyl groups is 3. The van der Waals surface area contributed by atoms with Crippen molar-refractivity contribution in [2.45, 2.75) is 12.2 Å². The van der Waals surface area contributed by atoms with E-state index in [-0.39, 0.29) is 30.5 Å². The third kappa shape index (κ3) is 5.04. The van der Waals surface area contributed by atoms with Crippen molar-refractivity contribution in [3.8, 4) is 0 Å². The Balaban J connectivity index is 0. The first-order valence-electron chi connectivity index (χ1n) is 2.39. The minimum absolute atomic E-state index is 0. The number of halogens is 1. The fourth-order valence-electron chi connectivity index (χ4n) is 0.279. The third-order valence-corrected chi connectivity index (χ3v) is 0.873. The molecule has 0 saturated heterocycles. The van der Waals surface area contributed by atoms with Gasteiger partial charge in [-0.15, -0.1) is 24.0 Å². The minimum Gasteiger partial charge on any atom is -0.394 e. The highest BCUT2D eigenvalue weighted by Crippen LogP contribution is 1.87. The van der Waals surface area contributed by atoms with Crippen molar-refractivity contribution in [1.29, 1.82) is 0 Å². The molecule has 0 spiro atoms. The SMILES string of the molecule is I.NC[C@H](O)[C@H](O)CO. The van der Waals surface area contributed by atoms with E-state index in [4.69, 9.17) is 21.1 Å². The molecule has 0 aromatic heterocycles. The fourth-order valence-corrected chi connectivity index (χ4v) is 0.279. The smallest absolute Gasteiger partial charge is 0.104 e. The average Bonchev–Trinajstić information content (AvgIpc) is 1.84. The minimum atomic E-state index is -1.10. The molecule has 0 aliphatic carbocycles. The van der Waals surface area contributed by atoms with E-state index in [1.165, 1.54) is 0 Å². The second-order valence-corrected chi connectivity index (χ2v) is 1.55. The van der Waals surface area contributed by atoms with Gasteiger partial charge in [-0.1, -0.05) is 0 Å². The summed E-state index contributed by atoms with van der Waals surface area (Å²) in [5.74, 6) is 0. The highest BCUT2D eigenvalue weighted by atomic mass is 127. The van der Waals surface area contributed by atoms with Gasteiger partial charge in [0.25, 0.3) is 0 Å². The molecular formula is C4H12INO3. The van der Waals surface area contributed by atoms with Crippen LogP contribution in [0.2, 0.25) is 0 Å². The molecule has 0 aromatic carbocycles. The van der Waals surface area contributed by atoms with Crippen molar-refractivity contribution in [2.75, 3.05) is 13.2 Å². The number of aliphatic hydroxyl groups excluding tert-OH is 3. The van der Waals surface area contributed by atoms with Crippen molar-refractivity contribution >= 4 is 24.0 Å². The molecule has 58 valence electrons.